The van der Waals surface area contributed by atoms with E-state index >= 15 is 0 Å². The molecule has 2 rings (SSSR count). The van der Waals surface area contributed by atoms with Crippen molar-refractivity contribution in [3.05, 3.63) is 22.4 Å². The summed E-state index contributed by atoms with van der Waals surface area (Å²) >= 11 is 1.60. The van der Waals surface area contributed by atoms with Gasteiger partial charge in [-0.15, -0.1) is 0 Å². The van der Waals surface area contributed by atoms with Gasteiger partial charge in [-0.2, -0.15) is 11.3 Å². The van der Waals surface area contributed by atoms with Crippen molar-refractivity contribution in [1.82, 2.24) is 10.2 Å². The minimum atomic E-state index is -0.854. The Morgan fingerprint density at radius 3 is 2.70 bits per heavy atom. The highest BCUT2D eigenvalue weighted by Gasteiger charge is 2.38. The van der Waals surface area contributed by atoms with Crippen LogP contribution >= 0.6 is 11.3 Å². The fourth-order valence-electron chi connectivity index (χ4n) is 2.74. The smallest absolute Gasteiger partial charge is 0.317 e. The summed E-state index contributed by atoms with van der Waals surface area (Å²) in [6, 6.07) is 1.79. The number of thiophene rings is 1. The van der Waals surface area contributed by atoms with E-state index in [1.165, 1.54) is 0 Å². The molecule has 1 saturated carbocycles. The highest BCUT2D eigenvalue weighted by molar-refractivity contribution is 7.07. The predicted molar refractivity (Wildman–Crippen MR) is 77.8 cm³/mol. The minimum Gasteiger partial charge on any atom is -0.481 e. The first-order valence-corrected chi connectivity index (χ1v) is 7.71. The summed E-state index contributed by atoms with van der Waals surface area (Å²) in [4.78, 5) is 24.8. The van der Waals surface area contributed by atoms with Crippen molar-refractivity contribution in [2.75, 3.05) is 7.05 Å². The molecule has 1 aliphatic carbocycles. The maximum Gasteiger partial charge on any atom is 0.317 e. The molecule has 0 aliphatic heterocycles. The van der Waals surface area contributed by atoms with Crippen LogP contribution in [0.25, 0.3) is 0 Å². The average molecular weight is 296 g/mol. The van der Waals surface area contributed by atoms with E-state index in [4.69, 9.17) is 5.11 Å². The summed E-state index contributed by atoms with van der Waals surface area (Å²) in [5, 5.41) is 16.0. The lowest BCUT2D eigenvalue weighted by atomic mass is 9.93. The lowest BCUT2D eigenvalue weighted by molar-refractivity contribution is -0.138. The van der Waals surface area contributed by atoms with E-state index in [0.29, 0.717) is 6.54 Å². The number of amides is 2. The molecule has 1 fully saturated rings. The monoisotopic (exact) mass is 296 g/mol. The molecule has 110 valence electrons. The van der Waals surface area contributed by atoms with Crippen LogP contribution in [0.3, 0.4) is 0 Å². The second-order valence-electron chi connectivity index (χ2n) is 5.48. The number of hydrogen-bond donors (Lipinski definition) is 2. The summed E-state index contributed by atoms with van der Waals surface area (Å²) in [6.45, 7) is 0.540. The molecule has 0 radical (unpaired) electrons. The molecule has 1 heterocycles. The van der Waals surface area contributed by atoms with Gasteiger partial charge in [-0.1, -0.05) is 12.8 Å². The summed E-state index contributed by atoms with van der Waals surface area (Å²) < 4.78 is 0. The van der Waals surface area contributed by atoms with Crippen molar-refractivity contribution in [3.8, 4) is 0 Å². The van der Waals surface area contributed by atoms with Gasteiger partial charge in [0.1, 0.15) is 0 Å². The Balaban J connectivity index is 1.95. The van der Waals surface area contributed by atoms with Crippen LogP contribution in [0.1, 0.15) is 37.7 Å². The van der Waals surface area contributed by atoms with Gasteiger partial charge in [-0.25, -0.2) is 4.79 Å². The highest BCUT2D eigenvalue weighted by Crippen LogP contribution is 2.32. The third-order valence-electron chi connectivity index (χ3n) is 3.77. The summed E-state index contributed by atoms with van der Waals surface area (Å²) in [6.07, 6.45) is 3.45. The number of carbonyl (C=O) groups is 2. The molecular weight excluding hydrogens is 276 g/mol. The zero-order valence-electron chi connectivity index (χ0n) is 11.6. The SMILES string of the molecule is CN(Cc1ccsc1)C(=O)NC1(CC(=O)O)CCCC1. The molecule has 1 aliphatic rings. The van der Waals surface area contributed by atoms with Crippen LogP contribution in [0, 0.1) is 0 Å². The Kier molecular flexibility index (Phi) is 4.65. The summed E-state index contributed by atoms with van der Waals surface area (Å²) in [5.41, 5.74) is 0.526. The van der Waals surface area contributed by atoms with Crippen molar-refractivity contribution >= 4 is 23.3 Å². The van der Waals surface area contributed by atoms with Crippen LogP contribution in [0.15, 0.2) is 16.8 Å². The standard InChI is InChI=1S/C14H20N2O3S/c1-16(9-11-4-7-20-10-11)13(19)15-14(8-12(17)18)5-2-3-6-14/h4,7,10H,2-3,5-6,8-9H2,1H3,(H,15,19)(H,17,18). The topological polar surface area (TPSA) is 69.6 Å². The number of nitrogens with zero attached hydrogens (tertiary/aromatic N) is 1. The second-order valence-corrected chi connectivity index (χ2v) is 6.26. The van der Waals surface area contributed by atoms with Gasteiger partial charge < -0.3 is 15.3 Å². The Hall–Kier alpha value is -1.56. The first kappa shape index (κ1) is 14.8. The number of rotatable bonds is 5. The normalized spacial score (nSPS) is 16.9. The van der Waals surface area contributed by atoms with Gasteiger partial charge in [0, 0.05) is 13.6 Å². The molecule has 0 spiro atoms. The molecule has 2 N–H and O–H groups in total. The molecule has 6 heteroatoms. The lowest BCUT2D eigenvalue weighted by Gasteiger charge is -2.31. The number of hydrogen-bond acceptors (Lipinski definition) is 3. The zero-order valence-corrected chi connectivity index (χ0v) is 12.4. The first-order chi connectivity index (χ1) is 9.51. The van der Waals surface area contributed by atoms with Crippen molar-refractivity contribution in [1.29, 1.82) is 0 Å². The van der Waals surface area contributed by atoms with Gasteiger partial charge in [-0.05, 0) is 35.2 Å². The quantitative estimate of drug-likeness (QED) is 0.877. The molecule has 0 saturated heterocycles. The van der Waals surface area contributed by atoms with Gasteiger partial charge in [0.05, 0.1) is 12.0 Å². The molecule has 0 bridgehead atoms. The fourth-order valence-corrected chi connectivity index (χ4v) is 3.40. The molecule has 5 nitrogen and oxygen atoms in total. The Morgan fingerprint density at radius 2 is 2.15 bits per heavy atom. The van der Waals surface area contributed by atoms with E-state index in [1.54, 1.807) is 23.3 Å². The minimum absolute atomic E-state index is 0.00499. The number of aliphatic carboxylic acids is 1. The van der Waals surface area contributed by atoms with Crippen molar-refractivity contribution in [3.63, 3.8) is 0 Å². The van der Waals surface area contributed by atoms with Crippen LogP contribution in [-0.2, 0) is 11.3 Å². The number of carboxylic acids is 1. The van der Waals surface area contributed by atoms with Crippen LogP contribution in [0.4, 0.5) is 4.79 Å². The van der Waals surface area contributed by atoms with Crippen LogP contribution < -0.4 is 5.32 Å². The van der Waals surface area contributed by atoms with E-state index < -0.39 is 11.5 Å². The van der Waals surface area contributed by atoms with Gasteiger partial charge in [0.2, 0.25) is 0 Å². The van der Waals surface area contributed by atoms with E-state index in [-0.39, 0.29) is 12.5 Å². The Labute approximate surface area is 122 Å². The van der Waals surface area contributed by atoms with Crippen molar-refractivity contribution < 1.29 is 14.7 Å². The maximum absolute atomic E-state index is 12.2. The summed E-state index contributed by atoms with van der Waals surface area (Å²) in [5.74, 6) is -0.854. The predicted octanol–water partition coefficient (Wildman–Crippen LogP) is 2.68. The molecule has 20 heavy (non-hydrogen) atoms. The molecule has 0 aromatic carbocycles. The van der Waals surface area contributed by atoms with Crippen molar-refractivity contribution in [2.24, 2.45) is 0 Å². The van der Waals surface area contributed by atoms with Gasteiger partial charge >= 0.3 is 12.0 Å². The fraction of sp³-hybridized carbons (Fsp3) is 0.571. The largest absolute Gasteiger partial charge is 0.481 e. The van der Waals surface area contributed by atoms with E-state index in [0.717, 1.165) is 31.2 Å². The molecular formula is C14H20N2O3S. The van der Waals surface area contributed by atoms with Crippen molar-refractivity contribution in [2.45, 2.75) is 44.2 Å². The Bertz CT molecular complexity index is 467. The lowest BCUT2D eigenvalue weighted by Crippen LogP contribution is -2.51. The Morgan fingerprint density at radius 1 is 1.45 bits per heavy atom. The first-order valence-electron chi connectivity index (χ1n) is 6.77. The number of nitrogens with one attached hydrogen (secondary N) is 1. The van der Waals surface area contributed by atoms with Crippen LogP contribution in [-0.4, -0.2) is 34.6 Å². The molecule has 1 aromatic rings. The molecule has 0 unspecified atom stereocenters. The third kappa shape index (κ3) is 3.72. The zero-order chi connectivity index (χ0) is 14.6. The maximum atomic E-state index is 12.2. The molecule has 1 aromatic heterocycles. The van der Waals surface area contributed by atoms with E-state index in [9.17, 15) is 9.59 Å². The van der Waals surface area contributed by atoms with E-state index in [2.05, 4.69) is 5.32 Å². The van der Waals surface area contributed by atoms with Crippen LogP contribution in [0.5, 0.6) is 0 Å². The highest BCUT2D eigenvalue weighted by atomic mass is 32.1. The molecule has 0 atom stereocenters. The number of urea groups is 1. The number of carboxylic acid groups (broad SMARTS) is 1. The van der Waals surface area contributed by atoms with Gasteiger partial charge in [0.25, 0.3) is 0 Å². The van der Waals surface area contributed by atoms with Gasteiger partial charge in [-0.3, -0.25) is 4.79 Å². The number of carbonyl (C=O) groups excluding carboxylic acids is 1. The summed E-state index contributed by atoms with van der Waals surface area (Å²) in [7, 11) is 1.73. The van der Waals surface area contributed by atoms with Gasteiger partial charge in [0.15, 0.2) is 0 Å². The third-order valence-corrected chi connectivity index (χ3v) is 4.50. The second kappa shape index (κ2) is 6.26. The van der Waals surface area contributed by atoms with E-state index in [1.807, 2.05) is 16.8 Å². The average Bonchev–Trinajstić information content (AvgIpc) is 3.00. The molecule has 2 amide bonds. The van der Waals surface area contributed by atoms with Crippen LogP contribution in [0.2, 0.25) is 0 Å².